The predicted octanol–water partition coefficient (Wildman–Crippen LogP) is 8.17. The molecule has 5 aromatic rings. The Morgan fingerprint density at radius 3 is 2.47 bits per heavy atom. The van der Waals surface area contributed by atoms with Crippen LogP contribution < -0.4 is 5.32 Å². The maximum atomic E-state index is 13.3. The molecule has 0 unspecified atom stereocenters. The lowest BCUT2D eigenvalue weighted by molar-refractivity contribution is 0.0940. The molecule has 6 rings (SSSR count). The molecule has 0 bridgehead atoms. The van der Waals surface area contributed by atoms with Crippen LogP contribution in [0.2, 0.25) is 5.02 Å². The van der Waals surface area contributed by atoms with Crippen molar-refractivity contribution in [2.75, 3.05) is 13.1 Å². The summed E-state index contributed by atoms with van der Waals surface area (Å²) in [6, 6.07) is 30.8. The molecule has 0 aliphatic carbocycles. The van der Waals surface area contributed by atoms with E-state index in [1.54, 1.807) is 6.07 Å². The van der Waals surface area contributed by atoms with Crippen LogP contribution in [0.3, 0.4) is 0 Å². The van der Waals surface area contributed by atoms with E-state index in [2.05, 4.69) is 27.3 Å². The number of nitrogens with zero attached hydrogens (tertiary/aromatic N) is 2. The Morgan fingerprint density at radius 2 is 1.70 bits per heavy atom. The lowest BCUT2D eigenvalue weighted by Crippen LogP contribution is -2.28. The van der Waals surface area contributed by atoms with Gasteiger partial charge in [0, 0.05) is 33.6 Å². The second-order valence-corrected chi connectivity index (χ2v) is 11.6. The van der Waals surface area contributed by atoms with Gasteiger partial charge in [-0.25, -0.2) is 4.99 Å². The standard InChI is InChI=1S/C36H35ClN4O2/c1-24(26-13-16-29(37)17-14-26)38-35(42)28-15-18-32-31(22-28)33(36(43)40-32)34(27-10-4-2-5-11-27)39-30-12-8-9-25(21-30)23-41-19-6-3-7-20-41/h2,4-5,8-18,21-22,24,40,43H,3,6-7,19-20,23H2,1H3,(H,38,42)/t24-/m1/s1. The molecule has 1 saturated heterocycles. The van der Waals surface area contributed by atoms with Crippen LogP contribution in [-0.2, 0) is 6.54 Å². The minimum atomic E-state index is -0.210. The molecule has 2 heterocycles. The molecule has 3 N–H and O–H groups in total. The molecule has 1 aliphatic heterocycles. The van der Waals surface area contributed by atoms with E-state index in [1.807, 2.05) is 85.8 Å². The van der Waals surface area contributed by atoms with Crippen molar-refractivity contribution in [3.8, 4) is 5.88 Å². The number of H-pyrrole nitrogens is 1. The van der Waals surface area contributed by atoms with Crippen molar-refractivity contribution in [1.82, 2.24) is 15.2 Å². The number of nitrogens with one attached hydrogen (secondary N) is 2. The molecule has 1 fully saturated rings. The van der Waals surface area contributed by atoms with E-state index in [-0.39, 0.29) is 17.8 Å². The molecular formula is C36H35ClN4O2. The van der Waals surface area contributed by atoms with Crippen molar-refractivity contribution in [1.29, 1.82) is 0 Å². The van der Waals surface area contributed by atoms with Crippen LogP contribution in [0.4, 0.5) is 5.69 Å². The number of hydrogen-bond donors (Lipinski definition) is 3. The smallest absolute Gasteiger partial charge is 0.251 e. The van der Waals surface area contributed by atoms with Crippen LogP contribution >= 0.6 is 11.6 Å². The number of aromatic nitrogens is 1. The number of aliphatic imine (C=N–C) groups is 1. The van der Waals surface area contributed by atoms with E-state index in [0.29, 0.717) is 21.9 Å². The lowest BCUT2D eigenvalue weighted by atomic mass is 9.99. The van der Waals surface area contributed by atoms with Gasteiger partial charge in [-0.2, -0.15) is 0 Å². The number of likely N-dealkylation sites (tertiary alicyclic amines) is 1. The SMILES string of the molecule is C[C@@H](NC(=O)c1ccc2[nH]c(O)c(C(=Nc3cccc(CN4CCCCC4)c3)c3ccccc3)c2c1)c1ccc(Cl)cc1. The molecule has 6 nitrogen and oxygen atoms in total. The van der Waals surface area contributed by atoms with Crippen LogP contribution in [0, 0.1) is 0 Å². The van der Waals surface area contributed by atoms with Crippen molar-refractivity contribution in [3.05, 3.63) is 130 Å². The molecule has 0 radical (unpaired) electrons. The Labute approximate surface area is 257 Å². The second kappa shape index (κ2) is 12.9. The lowest BCUT2D eigenvalue weighted by Gasteiger charge is -2.26. The van der Waals surface area contributed by atoms with E-state index in [1.165, 1.54) is 24.8 Å². The molecule has 1 atom stereocenters. The van der Waals surface area contributed by atoms with Crippen molar-refractivity contribution in [3.63, 3.8) is 0 Å². The Hall–Kier alpha value is -4.39. The molecule has 43 heavy (non-hydrogen) atoms. The predicted molar refractivity (Wildman–Crippen MR) is 175 cm³/mol. The first-order valence-electron chi connectivity index (χ1n) is 14.8. The third kappa shape index (κ3) is 6.66. The monoisotopic (exact) mass is 590 g/mol. The number of aromatic amines is 1. The van der Waals surface area contributed by atoms with Gasteiger partial charge in [0.2, 0.25) is 0 Å². The summed E-state index contributed by atoms with van der Waals surface area (Å²) < 4.78 is 0. The summed E-state index contributed by atoms with van der Waals surface area (Å²) in [5.74, 6) is -0.200. The van der Waals surface area contributed by atoms with Crippen molar-refractivity contribution >= 4 is 39.8 Å². The van der Waals surface area contributed by atoms with Gasteiger partial charge < -0.3 is 15.4 Å². The highest BCUT2D eigenvalue weighted by molar-refractivity contribution is 6.30. The van der Waals surface area contributed by atoms with Crippen LogP contribution in [0.5, 0.6) is 5.88 Å². The van der Waals surface area contributed by atoms with Crippen LogP contribution in [0.1, 0.15) is 64.8 Å². The number of fused-ring (bicyclic) bond motifs is 1. The van der Waals surface area contributed by atoms with Gasteiger partial charge in [0.1, 0.15) is 0 Å². The number of benzene rings is 4. The van der Waals surface area contributed by atoms with E-state index in [0.717, 1.165) is 47.4 Å². The quantitative estimate of drug-likeness (QED) is 0.159. The summed E-state index contributed by atoms with van der Waals surface area (Å²) in [5.41, 5.74) is 6.25. The first kappa shape index (κ1) is 28.7. The molecule has 4 aromatic carbocycles. The van der Waals surface area contributed by atoms with Gasteiger partial charge in [-0.15, -0.1) is 0 Å². The molecule has 7 heteroatoms. The maximum absolute atomic E-state index is 13.3. The molecule has 0 spiro atoms. The Morgan fingerprint density at radius 1 is 0.930 bits per heavy atom. The topological polar surface area (TPSA) is 80.7 Å². The Kier molecular flexibility index (Phi) is 8.59. The number of amides is 1. The van der Waals surface area contributed by atoms with Crippen molar-refractivity contribution in [2.24, 2.45) is 4.99 Å². The van der Waals surface area contributed by atoms with E-state index in [9.17, 15) is 9.90 Å². The molecule has 0 saturated carbocycles. The van der Waals surface area contributed by atoms with Gasteiger partial charge in [0.05, 0.1) is 23.0 Å². The number of hydrogen-bond acceptors (Lipinski definition) is 4. The normalized spacial score (nSPS) is 15.0. The number of aromatic hydroxyl groups is 1. The number of piperidine rings is 1. The number of rotatable bonds is 8. The van der Waals surface area contributed by atoms with Crippen LogP contribution in [0.25, 0.3) is 10.9 Å². The maximum Gasteiger partial charge on any atom is 0.251 e. The first-order chi connectivity index (χ1) is 20.9. The van der Waals surface area contributed by atoms with Crippen LogP contribution in [0.15, 0.2) is 102 Å². The van der Waals surface area contributed by atoms with Gasteiger partial charge in [-0.1, -0.05) is 72.6 Å². The number of halogens is 1. The molecular weight excluding hydrogens is 556 g/mol. The summed E-state index contributed by atoms with van der Waals surface area (Å²) in [6.45, 7) is 5.09. The Bertz CT molecular complexity index is 1760. The van der Waals surface area contributed by atoms with Crippen molar-refractivity contribution < 1.29 is 9.90 Å². The third-order valence-corrected chi connectivity index (χ3v) is 8.30. The fourth-order valence-corrected chi connectivity index (χ4v) is 5.89. The highest BCUT2D eigenvalue weighted by atomic mass is 35.5. The average molecular weight is 591 g/mol. The van der Waals surface area contributed by atoms with Crippen molar-refractivity contribution in [2.45, 2.75) is 38.8 Å². The second-order valence-electron chi connectivity index (χ2n) is 11.2. The first-order valence-corrected chi connectivity index (χ1v) is 15.2. The zero-order chi connectivity index (χ0) is 29.8. The zero-order valence-corrected chi connectivity index (χ0v) is 24.9. The summed E-state index contributed by atoms with van der Waals surface area (Å²) in [5, 5.41) is 15.7. The number of carbonyl (C=O) groups excluding carboxylic acids is 1. The molecule has 218 valence electrons. The summed E-state index contributed by atoms with van der Waals surface area (Å²) in [6.07, 6.45) is 3.80. The number of carbonyl (C=O) groups is 1. The fraction of sp³-hybridized carbons (Fsp3) is 0.222. The van der Waals surface area contributed by atoms with E-state index < -0.39 is 0 Å². The highest BCUT2D eigenvalue weighted by Crippen LogP contribution is 2.33. The molecule has 1 amide bonds. The minimum Gasteiger partial charge on any atom is -0.494 e. The zero-order valence-electron chi connectivity index (χ0n) is 24.2. The van der Waals surface area contributed by atoms with Gasteiger partial charge >= 0.3 is 0 Å². The van der Waals surface area contributed by atoms with E-state index >= 15 is 0 Å². The summed E-state index contributed by atoms with van der Waals surface area (Å²) in [4.78, 5) is 24.0. The summed E-state index contributed by atoms with van der Waals surface area (Å²) in [7, 11) is 0. The fourth-order valence-electron chi connectivity index (χ4n) is 5.76. The summed E-state index contributed by atoms with van der Waals surface area (Å²) >= 11 is 6.04. The largest absolute Gasteiger partial charge is 0.494 e. The van der Waals surface area contributed by atoms with Gasteiger partial charge in [0.15, 0.2) is 5.88 Å². The average Bonchev–Trinajstić information content (AvgIpc) is 3.36. The molecule has 1 aromatic heterocycles. The van der Waals surface area contributed by atoms with Gasteiger partial charge in [0.25, 0.3) is 5.91 Å². The Balaban J connectivity index is 1.36. The van der Waals surface area contributed by atoms with Gasteiger partial charge in [-0.3, -0.25) is 9.69 Å². The highest BCUT2D eigenvalue weighted by Gasteiger charge is 2.21. The van der Waals surface area contributed by atoms with E-state index in [4.69, 9.17) is 16.6 Å². The third-order valence-electron chi connectivity index (χ3n) is 8.05. The van der Waals surface area contributed by atoms with Crippen LogP contribution in [-0.4, -0.2) is 39.7 Å². The molecule has 1 aliphatic rings. The van der Waals surface area contributed by atoms with Gasteiger partial charge in [-0.05, 0) is 86.4 Å². The minimum absolute atomic E-state index is 0.00849.